The van der Waals surface area contributed by atoms with E-state index < -0.39 is 5.97 Å². The van der Waals surface area contributed by atoms with Crippen molar-refractivity contribution in [2.75, 3.05) is 19.6 Å². The molecule has 0 aromatic heterocycles. The van der Waals surface area contributed by atoms with E-state index >= 15 is 0 Å². The summed E-state index contributed by atoms with van der Waals surface area (Å²) in [5, 5.41) is 11.5. The lowest BCUT2D eigenvalue weighted by molar-refractivity contribution is -0.137. The molecule has 0 aliphatic carbocycles. The Morgan fingerprint density at radius 1 is 1.20 bits per heavy atom. The molecule has 1 rings (SSSR count). The molecule has 0 bridgehead atoms. The van der Waals surface area contributed by atoms with Crippen molar-refractivity contribution in [3.63, 3.8) is 0 Å². The van der Waals surface area contributed by atoms with Crippen molar-refractivity contribution in [3.05, 3.63) is 35.9 Å². The highest BCUT2D eigenvalue weighted by molar-refractivity contribution is 5.78. The summed E-state index contributed by atoms with van der Waals surface area (Å²) in [6.07, 6.45) is 0.956. The first-order chi connectivity index (χ1) is 9.61. The molecule has 1 aromatic rings. The quantitative estimate of drug-likeness (QED) is 0.718. The summed E-state index contributed by atoms with van der Waals surface area (Å²) in [6, 6.07) is 9.69. The van der Waals surface area contributed by atoms with Crippen molar-refractivity contribution >= 4 is 11.9 Å². The number of carboxylic acid groups (broad SMARTS) is 1. The van der Waals surface area contributed by atoms with Crippen LogP contribution in [0.15, 0.2) is 30.3 Å². The lowest BCUT2D eigenvalue weighted by atomic mass is 10.2. The molecule has 5 nitrogen and oxygen atoms in total. The number of hydrogen-bond acceptors (Lipinski definition) is 3. The maximum absolute atomic E-state index is 11.8. The van der Waals surface area contributed by atoms with Crippen LogP contribution in [0.25, 0.3) is 0 Å². The topological polar surface area (TPSA) is 69.6 Å². The summed E-state index contributed by atoms with van der Waals surface area (Å²) >= 11 is 0. The van der Waals surface area contributed by atoms with Gasteiger partial charge < -0.3 is 10.4 Å². The molecule has 0 unspecified atom stereocenters. The van der Waals surface area contributed by atoms with E-state index in [9.17, 15) is 9.59 Å². The van der Waals surface area contributed by atoms with Crippen LogP contribution in [0.3, 0.4) is 0 Å². The van der Waals surface area contributed by atoms with Crippen molar-refractivity contribution in [2.45, 2.75) is 26.3 Å². The molecule has 110 valence electrons. The summed E-state index contributed by atoms with van der Waals surface area (Å²) in [4.78, 5) is 24.3. The van der Waals surface area contributed by atoms with E-state index in [0.717, 1.165) is 18.5 Å². The standard InChI is InChI=1S/C15H22N2O3/c1-2-9-17(10-8-15(19)20)12-14(18)16-11-13-6-4-3-5-7-13/h3-7H,2,8-12H2,1H3,(H,16,18)(H,19,20). The molecule has 0 aliphatic heterocycles. The largest absolute Gasteiger partial charge is 0.481 e. The summed E-state index contributed by atoms with van der Waals surface area (Å²) in [6.45, 7) is 3.89. The SMILES string of the molecule is CCCN(CCC(=O)O)CC(=O)NCc1ccccc1. The smallest absolute Gasteiger partial charge is 0.304 e. The number of carboxylic acids is 1. The molecule has 5 heteroatoms. The number of nitrogens with zero attached hydrogens (tertiary/aromatic N) is 1. The van der Waals surface area contributed by atoms with Gasteiger partial charge >= 0.3 is 5.97 Å². The normalized spacial score (nSPS) is 10.5. The first kappa shape index (κ1) is 16.2. The molecule has 0 heterocycles. The minimum Gasteiger partial charge on any atom is -0.481 e. The van der Waals surface area contributed by atoms with Gasteiger partial charge in [-0.2, -0.15) is 0 Å². The predicted octanol–water partition coefficient (Wildman–Crippen LogP) is 1.49. The first-order valence-corrected chi connectivity index (χ1v) is 6.86. The molecule has 0 radical (unpaired) electrons. The zero-order valence-electron chi connectivity index (χ0n) is 11.8. The van der Waals surface area contributed by atoms with E-state index in [0.29, 0.717) is 13.1 Å². The molecule has 2 N–H and O–H groups in total. The number of benzene rings is 1. The van der Waals surface area contributed by atoms with Crippen LogP contribution in [-0.4, -0.2) is 41.5 Å². The third kappa shape index (κ3) is 6.89. The number of carbonyl (C=O) groups excluding carboxylic acids is 1. The van der Waals surface area contributed by atoms with Gasteiger partial charge in [0.1, 0.15) is 0 Å². The molecule has 1 aromatic carbocycles. The molecule has 0 aliphatic rings. The van der Waals surface area contributed by atoms with Crippen LogP contribution >= 0.6 is 0 Å². The van der Waals surface area contributed by atoms with E-state index in [1.54, 1.807) is 0 Å². The van der Waals surface area contributed by atoms with Crippen LogP contribution < -0.4 is 5.32 Å². The molecule has 0 saturated heterocycles. The van der Waals surface area contributed by atoms with Gasteiger partial charge in [-0.25, -0.2) is 0 Å². The first-order valence-electron chi connectivity index (χ1n) is 6.86. The van der Waals surface area contributed by atoms with Crippen LogP contribution in [0.4, 0.5) is 0 Å². The minimum absolute atomic E-state index is 0.0615. The molecule has 0 atom stereocenters. The molecule has 1 amide bonds. The van der Waals surface area contributed by atoms with Crippen molar-refractivity contribution in [1.82, 2.24) is 10.2 Å². The summed E-state index contributed by atoms with van der Waals surface area (Å²) in [7, 11) is 0. The molecular weight excluding hydrogens is 256 g/mol. The molecule has 0 fully saturated rings. The van der Waals surface area contributed by atoms with Crippen LogP contribution in [0, 0.1) is 0 Å². The van der Waals surface area contributed by atoms with Gasteiger partial charge in [0.25, 0.3) is 0 Å². The average molecular weight is 278 g/mol. The Kier molecular flexibility index (Phi) is 7.35. The maximum Gasteiger partial charge on any atom is 0.304 e. The monoisotopic (exact) mass is 278 g/mol. The maximum atomic E-state index is 11.8. The lowest BCUT2D eigenvalue weighted by Gasteiger charge is -2.20. The van der Waals surface area contributed by atoms with E-state index in [1.165, 1.54) is 0 Å². The third-order valence-corrected chi connectivity index (χ3v) is 2.88. The third-order valence-electron chi connectivity index (χ3n) is 2.88. The summed E-state index contributed by atoms with van der Waals surface area (Å²) in [5.41, 5.74) is 1.05. The van der Waals surface area contributed by atoms with Gasteiger partial charge in [-0.15, -0.1) is 0 Å². The Hall–Kier alpha value is -1.88. The van der Waals surface area contributed by atoms with Crippen LogP contribution in [0.5, 0.6) is 0 Å². The van der Waals surface area contributed by atoms with Crippen molar-refractivity contribution in [3.8, 4) is 0 Å². The van der Waals surface area contributed by atoms with Gasteiger partial charge in [0, 0.05) is 13.1 Å². The fourth-order valence-electron chi connectivity index (χ4n) is 1.90. The van der Waals surface area contributed by atoms with Crippen molar-refractivity contribution in [1.29, 1.82) is 0 Å². The van der Waals surface area contributed by atoms with E-state index in [1.807, 2.05) is 42.2 Å². The van der Waals surface area contributed by atoms with E-state index in [2.05, 4.69) is 5.32 Å². The number of aliphatic carboxylic acids is 1. The summed E-state index contributed by atoms with van der Waals surface area (Å²) in [5.74, 6) is -0.913. The van der Waals surface area contributed by atoms with Gasteiger partial charge in [0.15, 0.2) is 0 Å². The Balaban J connectivity index is 2.35. The van der Waals surface area contributed by atoms with Gasteiger partial charge in [0.05, 0.1) is 13.0 Å². The van der Waals surface area contributed by atoms with Crippen LogP contribution in [0.2, 0.25) is 0 Å². The van der Waals surface area contributed by atoms with Crippen LogP contribution in [-0.2, 0) is 16.1 Å². The molecular formula is C15H22N2O3. The van der Waals surface area contributed by atoms with Gasteiger partial charge in [0.2, 0.25) is 5.91 Å². The second kappa shape index (κ2) is 9.09. The zero-order valence-corrected chi connectivity index (χ0v) is 11.8. The number of nitrogens with one attached hydrogen (secondary N) is 1. The second-order valence-corrected chi connectivity index (χ2v) is 4.68. The summed E-state index contributed by atoms with van der Waals surface area (Å²) < 4.78 is 0. The van der Waals surface area contributed by atoms with Gasteiger partial charge in [-0.3, -0.25) is 14.5 Å². The Morgan fingerprint density at radius 2 is 1.90 bits per heavy atom. The van der Waals surface area contributed by atoms with Gasteiger partial charge in [-0.1, -0.05) is 37.3 Å². The Labute approximate surface area is 119 Å². The van der Waals surface area contributed by atoms with Crippen molar-refractivity contribution < 1.29 is 14.7 Å². The second-order valence-electron chi connectivity index (χ2n) is 4.68. The molecule has 20 heavy (non-hydrogen) atoms. The highest BCUT2D eigenvalue weighted by atomic mass is 16.4. The van der Waals surface area contributed by atoms with E-state index in [-0.39, 0.29) is 18.9 Å². The lowest BCUT2D eigenvalue weighted by Crippen LogP contribution is -2.38. The number of hydrogen-bond donors (Lipinski definition) is 2. The number of amides is 1. The van der Waals surface area contributed by atoms with E-state index in [4.69, 9.17) is 5.11 Å². The molecule has 0 saturated carbocycles. The van der Waals surface area contributed by atoms with Gasteiger partial charge in [-0.05, 0) is 18.5 Å². The fourth-order valence-corrected chi connectivity index (χ4v) is 1.90. The van der Waals surface area contributed by atoms with Crippen molar-refractivity contribution in [2.24, 2.45) is 0 Å². The highest BCUT2D eigenvalue weighted by Crippen LogP contribution is 1.98. The van der Waals surface area contributed by atoms with Crippen LogP contribution in [0.1, 0.15) is 25.3 Å². The predicted molar refractivity (Wildman–Crippen MR) is 77.3 cm³/mol. The Morgan fingerprint density at radius 3 is 2.50 bits per heavy atom. The number of carbonyl (C=O) groups is 2. The molecule has 0 spiro atoms. The zero-order chi connectivity index (χ0) is 14.8. The average Bonchev–Trinajstić information content (AvgIpc) is 2.44. The fraction of sp³-hybridized carbons (Fsp3) is 0.467. The minimum atomic E-state index is -0.837. The Bertz CT molecular complexity index is 420. The highest BCUT2D eigenvalue weighted by Gasteiger charge is 2.11. The number of rotatable bonds is 9.